The van der Waals surface area contributed by atoms with E-state index in [0.29, 0.717) is 5.75 Å². The van der Waals surface area contributed by atoms with Crippen LogP contribution < -0.4 is 4.74 Å². The second kappa shape index (κ2) is 4.59. The Balaban J connectivity index is 2.80. The number of ether oxygens (including phenoxy) is 1. The summed E-state index contributed by atoms with van der Waals surface area (Å²) in [6.07, 6.45) is 0. The molecule has 2 rings (SSSR count). The van der Waals surface area contributed by atoms with Gasteiger partial charge in [0.15, 0.2) is 11.3 Å². The first-order valence-corrected chi connectivity index (χ1v) is 6.58. The molecule has 4 heteroatoms. The van der Waals surface area contributed by atoms with Gasteiger partial charge in [0.1, 0.15) is 5.76 Å². The van der Waals surface area contributed by atoms with E-state index in [1.807, 2.05) is 32.9 Å². The number of rotatable bonds is 3. The summed E-state index contributed by atoms with van der Waals surface area (Å²) >= 11 is 3.61. The Morgan fingerprint density at radius 1 is 1.39 bits per heavy atom. The average Bonchev–Trinajstić information content (AvgIpc) is 2.72. The molecule has 98 valence electrons. The fourth-order valence-corrected chi connectivity index (χ4v) is 2.94. The molecule has 0 spiro atoms. The van der Waals surface area contributed by atoms with Gasteiger partial charge in [0, 0.05) is 15.3 Å². The van der Waals surface area contributed by atoms with E-state index in [4.69, 9.17) is 9.15 Å². The third-order valence-corrected chi connectivity index (χ3v) is 4.03. The van der Waals surface area contributed by atoms with Gasteiger partial charge in [-0.25, -0.2) is 0 Å². The summed E-state index contributed by atoms with van der Waals surface area (Å²) in [5.41, 5.74) is 1.40. The van der Waals surface area contributed by atoms with Crippen molar-refractivity contribution in [3.63, 3.8) is 0 Å². The third-order valence-electron chi connectivity index (χ3n) is 3.17. The summed E-state index contributed by atoms with van der Waals surface area (Å²) in [5, 5.41) is 10.5. The van der Waals surface area contributed by atoms with Crippen LogP contribution in [0.5, 0.6) is 5.75 Å². The lowest BCUT2D eigenvalue weighted by Crippen LogP contribution is -2.22. The van der Waals surface area contributed by atoms with E-state index in [0.717, 1.165) is 26.8 Å². The Kier molecular flexibility index (Phi) is 3.43. The summed E-state index contributed by atoms with van der Waals surface area (Å²) < 4.78 is 12.0. The highest BCUT2D eigenvalue weighted by Gasteiger charge is 2.26. The monoisotopic (exact) mass is 312 g/mol. The molecular weight excluding hydrogens is 296 g/mol. The van der Waals surface area contributed by atoms with Gasteiger partial charge in [0.25, 0.3) is 0 Å². The van der Waals surface area contributed by atoms with Gasteiger partial charge in [0.05, 0.1) is 13.7 Å². The fraction of sp³-hybridized carbons (Fsp3) is 0.429. The molecule has 1 aromatic carbocycles. The molecule has 0 atom stereocenters. The normalized spacial score (nSPS) is 12.1. The molecule has 3 nitrogen and oxygen atoms in total. The first-order chi connectivity index (χ1) is 8.40. The number of halogens is 1. The minimum absolute atomic E-state index is 0.0666. The molecule has 0 aliphatic heterocycles. The van der Waals surface area contributed by atoms with Gasteiger partial charge in [-0.2, -0.15) is 0 Å². The molecule has 0 saturated carbocycles. The lowest BCUT2D eigenvalue weighted by Gasteiger charge is -2.24. The fourth-order valence-electron chi connectivity index (χ4n) is 1.99. The van der Waals surface area contributed by atoms with Crippen molar-refractivity contribution in [2.75, 3.05) is 13.7 Å². The molecular formula is C14H17BrO3. The van der Waals surface area contributed by atoms with Crippen LogP contribution in [-0.2, 0) is 5.41 Å². The minimum atomic E-state index is -0.342. The Bertz CT molecular complexity index is 584. The Morgan fingerprint density at radius 2 is 2.06 bits per heavy atom. The number of furan rings is 1. The second-order valence-corrected chi connectivity index (χ2v) is 5.88. The Morgan fingerprint density at radius 3 is 2.61 bits per heavy atom. The van der Waals surface area contributed by atoms with E-state index >= 15 is 0 Å². The van der Waals surface area contributed by atoms with E-state index in [1.165, 1.54) is 0 Å². The van der Waals surface area contributed by atoms with E-state index in [2.05, 4.69) is 15.9 Å². The van der Waals surface area contributed by atoms with Gasteiger partial charge in [-0.05, 0) is 40.5 Å². The molecule has 2 aromatic rings. The smallest absolute Gasteiger partial charge is 0.177 e. The molecule has 0 radical (unpaired) electrons. The maximum Gasteiger partial charge on any atom is 0.177 e. The lowest BCUT2D eigenvalue weighted by atomic mass is 9.85. The number of fused-ring (bicyclic) bond motifs is 1. The van der Waals surface area contributed by atoms with E-state index in [-0.39, 0.29) is 12.0 Å². The first-order valence-electron chi connectivity index (χ1n) is 5.78. The van der Waals surface area contributed by atoms with E-state index in [9.17, 15) is 5.11 Å². The van der Waals surface area contributed by atoms with Crippen LogP contribution in [0.15, 0.2) is 21.0 Å². The van der Waals surface area contributed by atoms with Crippen molar-refractivity contribution < 1.29 is 14.3 Å². The molecule has 0 amide bonds. The Hall–Kier alpha value is -1.00. The van der Waals surface area contributed by atoms with Crippen molar-refractivity contribution in [2.24, 2.45) is 0 Å². The molecule has 1 heterocycles. The highest BCUT2D eigenvalue weighted by atomic mass is 79.9. The van der Waals surface area contributed by atoms with Crippen molar-refractivity contribution >= 4 is 26.9 Å². The van der Waals surface area contributed by atoms with E-state index < -0.39 is 0 Å². The summed E-state index contributed by atoms with van der Waals surface area (Å²) in [6.45, 7) is 5.95. The molecule has 18 heavy (non-hydrogen) atoms. The Labute approximate surface area is 115 Å². The average molecular weight is 313 g/mol. The molecule has 0 aliphatic rings. The number of hydrogen-bond acceptors (Lipinski definition) is 3. The second-order valence-electron chi connectivity index (χ2n) is 5.08. The molecule has 1 aromatic heterocycles. The molecule has 0 bridgehead atoms. The molecule has 0 aliphatic carbocycles. The van der Waals surface area contributed by atoms with Crippen molar-refractivity contribution in [1.82, 2.24) is 0 Å². The predicted octanol–water partition coefficient (Wildman–Crippen LogP) is 3.78. The minimum Gasteiger partial charge on any atom is -0.493 e. The van der Waals surface area contributed by atoms with Gasteiger partial charge < -0.3 is 14.3 Å². The zero-order valence-corrected chi connectivity index (χ0v) is 12.6. The quantitative estimate of drug-likeness (QED) is 0.937. The van der Waals surface area contributed by atoms with Gasteiger partial charge >= 0.3 is 0 Å². The summed E-state index contributed by atoms with van der Waals surface area (Å²) in [7, 11) is 1.62. The number of methoxy groups -OCH3 is 1. The van der Waals surface area contributed by atoms with Gasteiger partial charge in [-0.1, -0.05) is 13.8 Å². The molecule has 1 N–H and O–H groups in total. The summed E-state index contributed by atoms with van der Waals surface area (Å²) in [6, 6.07) is 3.89. The largest absolute Gasteiger partial charge is 0.493 e. The van der Waals surface area contributed by atoms with Gasteiger partial charge in [0.2, 0.25) is 0 Å². The van der Waals surface area contributed by atoms with Crippen molar-refractivity contribution in [2.45, 2.75) is 26.2 Å². The highest BCUT2D eigenvalue weighted by Crippen LogP contribution is 2.41. The first kappa shape index (κ1) is 13.4. The molecule has 0 saturated heterocycles. The van der Waals surface area contributed by atoms with Crippen LogP contribution >= 0.6 is 15.9 Å². The summed E-state index contributed by atoms with van der Waals surface area (Å²) in [4.78, 5) is 0. The number of aliphatic hydroxyl groups excluding tert-OH is 1. The van der Waals surface area contributed by atoms with Crippen LogP contribution in [0.25, 0.3) is 11.0 Å². The number of hydrogen-bond donors (Lipinski definition) is 1. The van der Waals surface area contributed by atoms with Crippen molar-refractivity contribution in [1.29, 1.82) is 0 Å². The summed E-state index contributed by atoms with van der Waals surface area (Å²) in [5.74, 6) is 1.53. The highest BCUT2D eigenvalue weighted by molar-refractivity contribution is 9.10. The van der Waals surface area contributed by atoms with Crippen LogP contribution in [0.4, 0.5) is 0 Å². The van der Waals surface area contributed by atoms with Crippen molar-refractivity contribution in [3.8, 4) is 5.75 Å². The van der Waals surface area contributed by atoms with Gasteiger partial charge in [-0.3, -0.25) is 0 Å². The maximum absolute atomic E-state index is 9.53. The van der Waals surface area contributed by atoms with Crippen LogP contribution in [0.3, 0.4) is 0 Å². The van der Waals surface area contributed by atoms with Gasteiger partial charge in [-0.15, -0.1) is 0 Å². The topological polar surface area (TPSA) is 42.6 Å². The van der Waals surface area contributed by atoms with Crippen LogP contribution in [0, 0.1) is 6.92 Å². The maximum atomic E-state index is 9.53. The molecule has 0 unspecified atom stereocenters. The zero-order valence-electron chi connectivity index (χ0n) is 11.0. The van der Waals surface area contributed by atoms with E-state index in [1.54, 1.807) is 7.11 Å². The standard InChI is InChI=1S/C14H17BrO3/c1-8-5-9-12(15)10(14(2,3)7-16)6-11(17-4)13(9)18-8/h5-6,16H,7H2,1-4H3. The molecule has 0 fully saturated rings. The SMILES string of the molecule is COc1cc(C(C)(C)CO)c(Br)c2cc(C)oc12. The number of aliphatic hydroxyl groups is 1. The predicted molar refractivity (Wildman–Crippen MR) is 75.3 cm³/mol. The van der Waals surface area contributed by atoms with Crippen LogP contribution in [0.2, 0.25) is 0 Å². The number of benzene rings is 1. The zero-order chi connectivity index (χ0) is 13.5. The van der Waals surface area contributed by atoms with Crippen LogP contribution in [-0.4, -0.2) is 18.8 Å². The van der Waals surface area contributed by atoms with Crippen molar-refractivity contribution in [3.05, 3.63) is 27.9 Å². The third kappa shape index (κ3) is 2.04. The number of aryl methyl sites for hydroxylation is 1. The van der Waals surface area contributed by atoms with Crippen LogP contribution in [0.1, 0.15) is 25.2 Å². The lowest BCUT2D eigenvalue weighted by molar-refractivity contribution is 0.218.